The van der Waals surface area contributed by atoms with Gasteiger partial charge < -0.3 is 5.32 Å². The molecule has 18 heavy (non-hydrogen) atoms. The number of nitrogens with one attached hydrogen (secondary N) is 1. The molecule has 0 saturated heterocycles. The van der Waals surface area contributed by atoms with Crippen LogP contribution in [0.5, 0.6) is 0 Å². The fraction of sp³-hybridized carbons (Fsp3) is 0. The van der Waals surface area contributed by atoms with E-state index in [0.29, 0.717) is 5.82 Å². The summed E-state index contributed by atoms with van der Waals surface area (Å²) in [5, 5.41) is 2.49. The normalized spacial score (nSPS) is 10.2. The van der Waals surface area contributed by atoms with E-state index in [0.717, 1.165) is 15.7 Å². The molecule has 2 rings (SSSR count). The van der Waals surface area contributed by atoms with Crippen LogP contribution in [0.25, 0.3) is 0 Å². The molecule has 0 bridgehead atoms. The minimum Gasteiger partial charge on any atom is -0.307 e. The van der Waals surface area contributed by atoms with Crippen LogP contribution in [0.1, 0.15) is 10.4 Å². The van der Waals surface area contributed by atoms with Crippen LogP contribution in [0.15, 0.2) is 36.5 Å². The van der Waals surface area contributed by atoms with Gasteiger partial charge in [0, 0.05) is 15.3 Å². The number of pyridine rings is 1. The second-order valence-corrected chi connectivity index (χ2v) is 4.69. The van der Waals surface area contributed by atoms with Gasteiger partial charge in [-0.2, -0.15) is 0 Å². The quantitative estimate of drug-likeness (QED) is 0.836. The number of rotatable bonds is 2. The van der Waals surface area contributed by atoms with E-state index in [4.69, 9.17) is 0 Å². The monoisotopic (exact) mass is 360 g/mol. The highest BCUT2D eigenvalue weighted by Gasteiger charge is 2.10. The van der Waals surface area contributed by atoms with Crippen LogP contribution in [-0.4, -0.2) is 10.9 Å². The first-order valence-electron chi connectivity index (χ1n) is 4.94. The van der Waals surface area contributed by atoms with Gasteiger partial charge in [0.15, 0.2) is 11.6 Å². The molecule has 0 atom stereocenters. The number of hydrogen-bond donors (Lipinski definition) is 1. The van der Waals surface area contributed by atoms with Crippen molar-refractivity contribution >= 4 is 34.3 Å². The molecule has 0 aliphatic heterocycles. The van der Waals surface area contributed by atoms with E-state index in [2.05, 4.69) is 32.9 Å². The molecule has 2 aromatic rings. The number of aromatic nitrogens is 1. The molecule has 1 heterocycles. The van der Waals surface area contributed by atoms with Crippen molar-refractivity contribution in [2.75, 3.05) is 5.32 Å². The molecule has 0 aliphatic carbocycles. The predicted octanol–water partition coefficient (Wildman–Crippen LogP) is 3.22. The van der Waals surface area contributed by atoms with E-state index in [1.807, 2.05) is 0 Å². The van der Waals surface area contributed by atoms with Crippen molar-refractivity contribution in [1.82, 2.24) is 4.98 Å². The van der Waals surface area contributed by atoms with Gasteiger partial charge in [0.25, 0.3) is 5.91 Å². The number of benzene rings is 1. The Bertz CT molecular complexity index is 587. The number of nitrogens with zero attached hydrogens (tertiary/aromatic N) is 1. The van der Waals surface area contributed by atoms with Crippen molar-refractivity contribution in [2.45, 2.75) is 0 Å². The van der Waals surface area contributed by atoms with Crippen molar-refractivity contribution < 1.29 is 13.6 Å². The maximum absolute atomic E-state index is 13.0. The first-order valence-corrected chi connectivity index (χ1v) is 6.02. The summed E-state index contributed by atoms with van der Waals surface area (Å²) in [6, 6.07) is 6.36. The van der Waals surface area contributed by atoms with E-state index in [-0.39, 0.29) is 5.56 Å². The summed E-state index contributed by atoms with van der Waals surface area (Å²) >= 11 is 2.08. The highest BCUT2D eigenvalue weighted by Crippen LogP contribution is 2.12. The van der Waals surface area contributed by atoms with Gasteiger partial charge in [0.05, 0.1) is 0 Å². The van der Waals surface area contributed by atoms with Crippen LogP contribution in [-0.2, 0) is 0 Å². The van der Waals surface area contributed by atoms with E-state index < -0.39 is 17.5 Å². The molecule has 0 fully saturated rings. The summed E-state index contributed by atoms with van der Waals surface area (Å²) in [7, 11) is 0. The predicted molar refractivity (Wildman–Crippen MR) is 71.3 cm³/mol. The minimum atomic E-state index is -1.06. The lowest BCUT2D eigenvalue weighted by molar-refractivity contribution is 0.102. The second kappa shape index (κ2) is 5.38. The van der Waals surface area contributed by atoms with Crippen LogP contribution in [0.3, 0.4) is 0 Å². The molecule has 0 unspecified atom stereocenters. The number of hydrogen-bond acceptors (Lipinski definition) is 2. The highest BCUT2D eigenvalue weighted by molar-refractivity contribution is 14.1. The standard InChI is InChI=1S/C12H7F2IN2O/c13-9-3-1-7(5-10(9)14)12(18)17-11-4-2-8(15)6-16-11/h1-6H,(H,16,17,18). The minimum absolute atomic E-state index is 0.0363. The Hall–Kier alpha value is -1.57. The summed E-state index contributed by atoms with van der Waals surface area (Å²) in [4.78, 5) is 15.7. The smallest absolute Gasteiger partial charge is 0.256 e. The SMILES string of the molecule is O=C(Nc1ccc(I)cn1)c1ccc(F)c(F)c1. The average molecular weight is 360 g/mol. The zero-order valence-electron chi connectivity index (χ0n) is 8.95. The maximum atomic E-state index is 13.0. The van der Waals surface area contributed by atoms with Crippen molar-refractivity contribution in [2.24, 2.45) is 0 Å². The third-order valence-corrected chi connectivity index (χ3v) is 2.79. The van der Waals surface area contributed by atoms with Crippen molar-refractivity contribution in [1.29, 1.82) is 0 Å². The summed E-state index contributed by atoms with van der Waals surface area (Å²) in [6.07, 6.45) is 1.58. The van der Waals surface area contributed by atoms with Crippen molar-refractivity contribution in [3.05, 3.63) is 57.3 Å². The fourth-order valence-electron chi connectivity index (χ4n) is 1.28. The Morgan fingerprint density at radius 1 is 1.17 bits per heavy atom. The maximum Gasteiger partial charge on any atom is 0.256 e. The summed E-state index contributed by atoms with van der Waals surface area (Å²) in [5.41, 5.74) is 0.0363. The summed E-state index contributed by atoms with van der Waals surface area (Å²) < 4.78 is 26.6. The van der Waals surface area contributed by atoms with Crippen LogP contribution < -0.4 is 5.32 Å². The Labute approximate surface area is 115 Å². The molecule has 1 aromatic heterocycles. The number of anilines is 1. The first-order chi connectivity index (χ1) is 8.56. The van der Waals surface area contributed by atoms with Gasteiger partial charge in [0.1, 0.15) is 5.82 Å². The zero-order chi connectivity index (χ0) is 13.1. The fourth-order valence-corrected chi connectivity index (χ4v) is 1.59. The molecule has 3 nitrogen and oxygen atoms in total. The molecular formula is C12H7F2IN2O. The molecule has 6 heteroatoms. The van der Waals surface area contributed by atoms with Gasteiger partial charge in [-0.05, 0) is 52.9 Å². The van der Waals surface area contributed by atoms with Gasteiger partial charge in [-0.3, -0.25) is 4.79 Å². The van der Waals surface area contributed by atoms with E-state index in [1.54, 1.807) is 18.3 Å². The summed E-state index contributed by atoms with van der Waals surface area (Å²) in [6.45, 7) is 0. The lowest BCUT2D eigenvalue weighted by Gasteiger charge is -2.04. The zero-order valence-corrected chi connectivity index (χ0v) is 11.1. The largest absolute Gasteiger partial charge is 0.307 e. The average Bonchev–Trinajstić information content (AvgIpc) is 2.35. The summed E-state index contributed by atoms with van der Waals surface area (Å²) in [5.74, 6) is -2.23. The number of carbonyl (C=O) groups is 1. The van der Waals surface area contributed by atoms with Crippen molar-refractivity contribution in [3.8, 4) is 0 Å². The van der Waals surface area contributed by atoms with Crippen LogP contribution in [0.2, 0.25) is 0 Å². The lowest BCUT2D eigenvalue weighted by Crippen LogP contribution is -2.13. The Kier molecular flexibility index (Phi) is 3.85. The first kappa shape index (κ1) is 12.9. The lowest BCUT2D eigenvalue weighted by atomic mass is 10.2. The van der Waals surface area contributed by atoms with E-state index in [9.17, 15) is 13.6 Å². The molecular weight excluding hydrogens is 353 g/mol. The van der Waals surface area contributed by atoms with Gasteiger partial charge in [-0.25, -0.2) is 13.8 Å². The van der Waals surface area contributed by atoms with Gasteiger partial charge in [-0.15, -0.1) is 0 Å². The highest BCUT2D eigenvalue weighted by atomic mass is 127. The van der Waals surface area contributed by atoms with Crippen molar-refractivity contribution in [3.63, 3.8) is 0 Å². The molecule has 1 aromatic carbocycles. The Morgan fingerprint density at radius 3 is 2.56 bits per heavy atom. The molecule has 0 aliphatic rings. The molecule has 1 amide bonds. The van der Waals surface area contributed by atoms with Crippen LogP contribution in [0, 0.1) is 15.2 Å². The molecule has 0 saturated carbocycles. The third kappa shape index (κ3) is 3.00. The molecule has 1 N–H and O–H groups in total. The second-order valence-electron chi connectivity index (χ2n) is 3.44. The molecule has 0 spiro atoms. The van der Waals surface area contributed by atoms with Gasteiger partial charge in [-0.1, -0.05) is 0 Å². The number of carbonyl (C=O) groups excluding carboxylic acids is 1. The molecule has 0 radical (unpaired) electrons. The van der Waals surface area contributed by atoms with E-state index in [1.165, 1.54) is 6.07 Å². The number of amides is 1. The molecule has 92 valence electrons. The van der Waals surface area contributed by atoms with E-state index >= 15 is 0 Å². The Balaban J connectivity index is 2.16. The topological polar surface area (TPSA) is 42.0 Å². The van der Waals surface area contributed by atoms with Gasteiger partial charge in [0.2, 0.25) is 0 Å². The van der Waals surface area contributed by atoms with Crippen LogP contribution in [0.4, 0.5) is 14.6 Å². The van der Waals surface area contributed by atoms with Crippen LogP contribution >= 0.6 is 22.6 Å². The van der Waals surface area contributed by atoms with Gasteiger partial charge >= 0.3 is 0 Å². The third-order valence-electron chi connectivity index (χ3n) is 2.15. The number of halogens is 3. The Morgan fingerprint density at radius 2 is 1.94 bits per heavy atom.